The van der Waals surface area contributed by atoms with E-state index in [4.69, 9.17) is 24.1 Å². The SMILES string of the molecule is COc1ccc2cc1OCC(=O)N[C@@H]1CN(Cc3ccccc3OCC(=O)O)CC[C@H]1Oc1cc(F)cc(c1)CNC(=O)CC2. The highest BCUT2D eigenvalue weighted by Crippen LogP contribution is 2.29. The summed E-state index contributed by atoms with van der Waals surface area (Å²) in [5.74, 6) is -0.541. The van der Waals surface area contributed by atoms with E-state index in [0.29, 0.717) is 61.0 Å². The number of nitrogens with zero attached hydrogens (tertiary/aromatic N) is 1. The lowest BCUT2D eigenvalue weighted by atomic mass is 10.0. The van der Waals surface area contributed by atoms with Crippen molar-refractivity contribution in [2.75, 3.05) is 33.4 Å². The van der Waals surface area contributed by atoms with Gasteiger partial charge in [0, 0.05) is 44.2 Å². The van der Waals surface area contributed by atoms with Crippen molar-refractivity contribution < 1.29 is 42.8 Å². The molecule has 2 atom stereocenters. The molecule has 0 aliphatic carbocycles. The highest BCUT2D eigenvalue weighted by molar-refractivity contribution is 5.78. The monoisotopic (exact) mass is 621 g/mol. The summed E-state index contributed by atoms with van der Waals surface area (Å²) in [6.07, 6.45) is 0.647. The number of hydrogen-bond acceptors (Lipinski definition) is 8. The van der Waals surface area contributed by atoms with Crippen LogP contribution in [-0.4, -0.2) is 73.3 Å². The summed E-state index contributed by atoms with van der Waals surface area (Å²) in [5, 5.41) is 14.9. The van der Waals surface area contributed by atoms with Crippen molar-refractivity contribution in [3.63, 3.8) is 0 Å². The van der Waals surface area contributed by atoms with E-state index in [-0.39, 0.29) is 31.4 Å². The molecular weight excluding hydrogens is 585 g/mol. The lowest BCUT2D eigenvalue weighted by molar-refractivity contribution is -0.139. The van der Waals surface area contributed by atoms with Crippen molar-refractivity contribution in [1.29, 1.82) is 0 Å². The number of nitrogens with one attached hydrogen (secondary N) is 2. The molecule has 2 amide bonds. The van der Waals surface area contributed by atoms with E-state index in [9.17, 15) is 18.8 Å². The van der Waals surface area contributed by atoms with Gasteiger partial charge in [-0.05, 0) is 54.3 Å². The molecule has 45 heavy (non-hydrogen) atoms. The summed E-state index contributed by atoms with van der Waals surface area (Å²) >= 11 is 0. The molecule has 0 aromatic heterocycles. The second-order valence-electron chi connectivity index (χ2n) is 11.0. The zero-order valence-corrected chi connectivity index (χ0v) is 24.9. The minimum atomic E-state index is -1.07. The van der Waals surface area contributed by atoms with Crippen molar-refractivity contribution in [3.05, 3.63) is 83.2 Å². The van der Waals surface area contributed by atoms with Crippen LogP contribution in [0.15, 0.2) is 60.7 Å². The van der Waals surface area contributed by atoms with E-state index in [2.05, 4.69) is 15.5 Å². The van der Waals surface area contributed by atoms with Crippen LogP contribution in [0.4, 0.5) is 4.39 Å². The summed E-state index contributed by atoms with van der Waals surface area (Å²) in [6.45, 7) is 0.799. The molecule has 2 aliphatic rings. The molecule has 3 N–H and O–H groups in total. The van der Waals surface area contributed by atoms with Crippen LogP contribution in [0.1, 0.15) is 29.5 Å². The number of ether oxygens (including phenoxy) is 4. The van der Waals surface area contributed by atoms with Crippen molar-refractivity contribution in [2.45, 2.75) is 44.5 Å². The number of hydrogen-bond donors (Lipinski definition) is 3. The minimum Gasteiger partial charge on any atom is -0.493 e. The van der Waals surface area contributed by atoms with Crippen LogP contribution in [0, 0.1) is 5.82 Å². The maximum Gasteiger partial charge on any atom is 0.341 e. The number of para-hydroxylation sites is 1. The van der Waals surface area contributed by atoms with Gasteiger partial charge in [-0.25, -0.2) is 9.18 Å². The maximum atomic E-state index is 14.6. The molecule has 0 saturated carbocycles. The lowest BCUT2D eigenvalue weighted by Gasteiger charge is -2.39. The van der Waals surface area contributed by atoms with Gasteiger partial charge >= 0.3 is 5.97 Å². The third-order valence-corrected chi connectivity index (χ3v) is 7.63. The second kappa shape index (κ2) is 14.8. The number of fused-ring (bicyclic) bond motifs is 5. The smallest absolute Gasteiger partial charge is 0.341 e. The first kappa shape index (κ1) is 31.6. The molecule has 4 bridgehead atoms. The van der Waals surface area contributed by atoms with Crippen LogP contribution in [0.25, 0.3) is 0 Å². The number of benzene rings is 3. The molecule has 0 unspecified atom stereocenters. The molecule has 2 aliphatic heterocycles. The molecule has 5 rings (SSSR count). The predicted octanol–water partition coefficient (Wildman–Crippen LogP) is 3.08. The zero-order chi connectivity index (χ0) is 31.8. The van der Waals surface area contributed by atoms with E-state index in [1.807, 2.05) is 18.2 Å². The number of likely N-dealkylation sites (tertiary alicyclic amines) is 1. The molecule has 11 nitrogen and oxygen atoms in total. The molecule has 1 saturated heterocycles. The number of methoxy groups -OCH3 is 1. The van der Waals surface area contributed by atoms with E-state index in [1.165, 1.54) is 19.2 Å². The fourth-order valence-corrected chi connectivity index (χ4v) is 5.47. The van der Waals surface area contributed by atoms with E-state index >= 15 is 0 Å². The Balaban J connectivity index is 1.38. The number of amides is 2. The molecule has 238 valence electrons. The molecule has 0 spiro atoms. The average Bonchev–Trinajstić information content (AvgIpc) is 3.02. The normalized spacial score (nSPS) is 19.3. The summed E-state index contributed by atoms with van der Waals surface area (Å²) in [7, 11) is 1.51. The highest BCUT2D eigenvalue weighted by Gasteiger charge is 2.33. The fraction of sp³-hybridized carbons (Fsp3) is 0.364. The highest BCUT2D eigenvalue weighted by atomic mass is 19.1. The average molecular weight is 622 g/mol. The van der Waals surface area contributed by atoms with Crippen molar-refractivity contribution >= 4 is 17.8 Å². The van der Waals surface area contributed by atoms with Gasteiger partial charge in [-0.2, -0.15) is 0 Å². The Labute approximate surface area is 260 Å². The number of aryl methyl sites for hydroxylation is 1. The van der Waals surface area contributed by atoms with Crippen LogP contribution in [-0.2, 0) is 33.9 Å². The first-order chi connectivity index (χ1) is 21.7. The summed E-state index contributed by atoms with van der Waals surface area (Å²) in [5.41, 5.74) is 2.19. The summed E-state index contributed by atoms with van der Waals surface area (Å²) in [6, 6.07) is 16.3. The van der Waals surface area contributed by atoms with Gasteiger partial charge in [0.25, 0.3) is 5.91 Å². The Morgan fingerprint density at radius 1 is 1.04 bits per heavy atom. The fourth-order valence-electron chi connectivity index (χ4n) is 5.47. The zero-order valence-electron chi connectivity index (χ0n) is 24.9. The van der Waals surface area contributed by atoms with Gasteiger partial charge in [-0.3, -0.25) is 14.5 Å². The van der Waals surface area contributed by atoms with Gasteiger partial charge in [-0.1, -0.05) is 24.3 Å². The number of carbonyl (C=O) groups is 3. The minimum absolute atomic E-state index is 0.131. The number of rotatable bonds is 6. The summed E-state index contributed by atoms with van der Waals surface area (Å²) < 4.78 is 37.6. The maximum absolute atomic E-state index is 14.6. The number of carboxylic acids is 1. The van der Waals surface area contributed by atoms with Crippen LogP contribution in [0.5, 0.6) is 23.0 Å². The number of carboxylic acid groups (broad SMARTS) is 1. The Hall–Kier alpha value is -4.84. The van der Waals surface area contributed by atoms with Crippen LogP contribution in [0.3, 0.4) is 0 Å². The summed E-state index contributed by atoms with van der Waals surface area (Å²) in [4.78, 5) is 39.0. The molecule has 0 radical (unpaired) electrons. The predicted molar refractivity (Wildman–Crippen MR) is 161 cm³/mol. The standard InChI is InChI=1S/C33H36FN3O8/c1-42-29-8-6-21-7-9-31(38)35-16-22-12-24(34)15-25(13-22)45-28-10-11-37(18-26(28)36-32(39)19-43-30(29)14-21)17-23-4-2-3-5-27(23)44-20-33(40)41/h2-6,8,12-15,26,28H,7,9-11,16-20H2,1H3,(H,35,38)(H,36,39)(H,40,41)/t26-,28-/m1/s1. The van der Waals surface area contributed by atoms with Crippen LogP contribution < -0.4 is 29.6 Å². The second-order valence-corrected chi connectivity index (χ2v) is 11.0. The number of carbonyl (C=O) groups excluding carboxylic acids is 2. The van der Waals surface area contributed by atoms with Crippen LogP contribution in [0.2, 0.25) is 0 Å². The van der Waals surface area contributed by atoms with E-state index < -0.39 is 30.5 Å². The van der Waals surface area contributed by atoms with Gasteiger partial charge in [0.05, 0.1) is 13.2 Å². The Kier molecular flexibility index (Phi) is 10.4. The molecular formula is C33H36FN3O8. The number of aliphatic carboxylic acids is 1. The van der Waals surface area contributed by atoms with Crippen molar-refractivity contribution in [2.24, 2.45) is 0 Å². The van der Waals surface area contributed by atoms with Crippen molar-refractivity contribution in [1.82, 2.24) is 15.5 Å². The third-order valence-electron chi connectivity index (χ3n) is 7.63. The van der Waals surface area contributed by atoms with Crippen LogP contribution >= 0.6 is 0 Å². The van der Waals surface area contributed by atoms with Gasteiger partial charge in [0.1, 0.15) is 23.4 Å². The van der Waals surface area contributed by atoms with E-state index in [1.54, 1.807) is 30.3 Å². The molecule has 1 fully saturated rings. The number of piperidine rings is 1. The lowest BCUT2D eigenvalue weighted by Crippen LogP contribution is -2.57. The van der Waals surface area contributed by atoms with Gasteiger partial charge in [0.2, 0.25) is 5.91 Å². The Morgan fingerprint density at radius 3 is 2.71 bits per heavy atom. The largest absolute Gasteiger partial charge is 0.493 e. The first-order valence-electron chi connectivity index (χ1n) is 14.7. The Bertz CT molecular complexity index is 1530. The number of halogens is 1. The van der Waals surface area contributed by atoms with Gasteiger partial charge in [-0.15, -0.1) is 0 Å². The van der Waals surface area contributed by atoms with E-state index in [0.717, 1.165) is 11.1 Å². The van der Waals surface area contributed by atoms with Gasteiger partial charge in [0.15, 0.2) is 24.7 Å². The third kappa shape index (κ3) is 8.85. The quantitative estimate of drug-likeness (QED) is 0.380. The Morgan fingerprint density at radius 2 is 1.89 bits per heavy atom. The topological polar surface area (TPSA) is 136 Å². The molecule has 12 heteroatoms. The first-order valence-corrected chi connectivity index (χ1v) is 14.7. The molecule has 3 aromatic rings. The molecule has 2 heterocycles. The molecule has 3 aromatic carbocycles. The van der Waals surface area contributed by atoms with Crippen molar-refractivity contribution in [3.8, 4) is 23.0 Å². The van der Waals surface area contributed by atoms with Gasteiger partial charge < -0.3 is 34.7 Å².